The fourth-order valence-corrected chi connectivity index (χ4v) is 2.41. The number of thiol groups is 1. The standard InChI is InChI=1S/C10H9BrFNOS/c11-6-1-7(12)3-8(2-6)13-5-9(15)4-10(13)14/h1-3,9,15H,4-5H2. The first-order valence-corrected chi connectivity index (χ1v) is 5.82. The average molecular weight is 290 g/mol. The maximum atomic E-state index is 13.1. The highest BCUT2D eigenvalue weighted by Gasteiger charge is 2.28. The van der Waals surface area contributed by atoms with E-state index in [2.05, 4.69) is 28.6 Å². The van der Waals surface area contributed by atoms with Crippen molar-refractivity contribution >= 4 is 40.2 Å². The van der Waals surface area contributed by atoms with Crippen LogP contribution < -0.4 is 4.90 Å². The van der Waals surface area contributed by atoms with Crippen molar-refractivity contribution in [1.82, 2.24) is 0 Å². The van der Waals surface area contributed by atoms with Crippen molar-refractivity contribution in [3.63, 3.8) is 0 Å². The molecule has 1 heterocycles. The topological polar surface area (TPSA) is 20.3 Å². The summed E-state index contributed by atoms with van der Waals surface area (Å²) in [7, 11) is 0. The summed E-state index contributed by atoms with van der Waals surface area (Å²) in [6.45, 7) is 0.540. The lowest BCUT2D eigenvalue weighted by atomic mass is 10.3. The van der Waals surface area contributed by atoms with Gasteiger partial charge >= 0.3 is 0 Å². The van der Waals surface area contributed by atoms with Crippen LogP contribution in [0.5, 0.6) is 0 Å². The highest BCUT2D eigenvalue weighted by Crippen LogP contribution is 2.27. The van der Waals surface area contributed by atoms with E-state index in [9.17, 15) is 9.18 Å². The van der Waals surface area contributed by atoms with Crippen molar-refractivity contribution < 1.29 is 9.18 Å². The Kier molecular flexibility index (Phi) is 3.02. The van der Waals surface area contributed by atoms with Gasteiger partial charge in [0.2, 0.25) is 5.91 Å². The molecule has 5 heteroatoms. The summed E-state index contributed by atoms with van der Waals surface area (Å²) >= 11 is 7.44. The predicted octanol–water partition coefficient (Wildman–Crippen LogP) is 2.62. The summed E-state index contributed by atoms with van der Waals surface area (Å²) in [6, 6.07) is 4.45. The molecule has 0 aliphatic carbocycles. The number of hydrogen-bond donors (Lipinski definition) is 1. The Morgan fingerprint density at radius 1 is 1.47 bits per heavy atom. The average Bonchev–Trinajstić information content (AvgIpc) is 2.43. The number of hydrogen-bond acceptors (Lipinski definition) is 2. The van der Waals surface area contributed by atoms with Crippen molar-refractivity contribution in [3.8, 4) is 0 Å². The van der Waals surface area contributed by atoms with E-state index in [1.807, 2.05) is 0 Å². The summed E-state index contributed by atoms with van der Waals surface area (Å²) in [5.41, 5.74) is 0.587. The lowest BCUT2D eigenvalue weighted by Crippen LogP contribution is -2.24. The smallest absolute Gasteiger partial charge is 0.228 e. The van der Waals surface area contributed by atoms with Gasteiger partial charge in [0, 0.05) is 28.4 Å². The van der Waals surface area contributed by atoms with E-state index in [1.54, 1.807) is 11.0 Å². The second kappa shape index (κ2) is 4.14. The first-order valence-electron chi connectivity index (χ1n) is 4.51. The molecule has 1 amide bonds. The van der Waals surface area contributed by atoms with Gasteiger partial charge in [0.25, 0.3) is 0 Å². The fraction of sp³-hybridized carbons (Fsp3) is 0.300. The number of benzene rings is 1. The summed E-state index contributed by atoms with van der Waals surface area (Å²) in [5.74, 6) is -0.359. The Hall–Kier alpha value is -0.550. The van der Waals surface area contributed by atoms with Gasteiger partial charge in [-0.3, -0.25) is 4.79 Å². The number of rotatable bonds is 1. The Morgan fingerprint density at radius 3 is 2.73 bits per heavy atom. The minimum absolute atomic E-state index is 0.00694. The van der Waals surface area contributed by atoms with Crippen LogP contribution in [-0.2, 0) is 4.79 Å². The van der Waals surface area contributed by atoms with Crippen LogP contribution >= 0.6 is 28.6 Å². The summed E-state index contributed by atoms with van der Waals surface area (Å²) in [4.78, 5) is 13.1. The van der Waals surface area contributed by atoms with Crippen LogP contribution in [-0.4, -0.2) is 17.7 Å². The minimum atomic E-state index is -0.352. The van der Waals surface area contributed by atoms with Crippen LogP contribution in [0.1, 0.15) is 6.42 Å². The van der Waals surface area contributed by atoms with Crippen molar-refractivity contribution in [2.45, 2.75) is 11.7 Å². The zero-order chi connectivity index (χ0) is 11.0. The van der Waals surface area contributed by atoms with Crippen LogP contribution in [0.4, 0.5) is 10.1 Å². The van der Waals surface area contributed by atoms with E-state index in [-0.39, 0.29) is 17.0 Å². The third kappa shape index (κ3) is 2.34. The molecule has 2 rings (SSSR count). The molecule has 0 bridgehead atoms. The zero-order valence-electron chi connectivity index (χ0n) is 7.78. The molecule has 0 radical (unpaired) electrons. The Morgan fingerprint density at radius 2 is 2.20 bits per heavy atom. The number of carbonyl (C=O) groups excluding carboxylic acids is 1. The monoisotopic (exact) mass is 289 g/mol. The minimum Gasteiger partial charge on any atom is -0.311 e. The van der Waals surface area contributed by atoms with Crippen molar-refractivity contribution in [3.05, 3.63) is 28.5 Å². The van der Waals surface area contributed by atoms with Crippen molar-refractivity contribution in [2.75, 3.05) is 11.4 Å². The van der Waals surface area contributed by atoms with Gasteiger partial charge in [-0.1, -0.05) is 15.9 Å². The molecular weight excluding hydrogens is 281 g/mol. The van der Waals surface area contributed by atoms with Crippen molar-refractivity contribution in [1.29, 1.82) is 0 Å². The van der Waals surface area contributed by atoms with E-state index in [1.165, 1.54) is 12.1 Å². The van der Waals surface area contributed by atoms with E-state index in [0.29, 0.717) is 23.1 Å². The molecule has 80 valence electrons. The highest BCUT2D eigenvalue weighted by molar-refractivity contribution is 9.10. The molecule has 1 aromatic rings. The quantitative estimate of drug-likeness (QED) is 0.788. The molecule has 1 aliphatic heterocycles. The lowest BCUT2D eigenvalue weighted by Gasteiger charge is -2.16. The zero-order valence-corrected chi connectivity index (χ0v) is 10.3. The Balaban J connectivity index is 2.33. The molecule has 15 heavy (non-hydrogen) atoms. The third-order valence-electron chi connectivity index (χ3n) is 2.26. The van der Waals surface area contributed by atoms with Gasteiger partial charge in [-0.15, -0.1) is 0 Å². The maximum absolute atomic E-state index is 13.1. The number of nitrogens with zero attached hydrogens (tertiary/aromatic N) is 1. The molecule has 1 atom stereocenters. The normalized spacial score (nSPS) is 21.1. The summed E-state index contributed by atoms with van der Waals surface area (Å²) in [6.07, 6.45) is 0.414. The molecule has 1 aliphatic rings. The van der Waals surface area contributed by atoms with Gasteiger partial charge in [0.15, 0.2) is 0 Å². The van der Waals surface area contributed by atoms with Gasteiger partial charge in [-0.05, 0) is 18.2 Å². The molecule has 1 unspecified atom stereocenters. The van der Waals surface area contributed by atoms with E-state index < -0.39 is 0 Å². The first-order chi connectivity index (χ1) is 7.06. The maximum Gasteiger partial charge on any atom is 0.228 e. The van der Waals surface area contributed by atoms with Gasteiger partial charge in [-0.25, -0.2) is 4.39 Å². The van der Waals surface area contributed by atoms with Crippen LogP contribution in [0, 0.1) is 5.82 Å². The number of amides is 1. The van der Waals surface area contributed by atoms with Gasteiger partial charge in [-0.2, -0.15) is 12.6 Å². The summed E-state index contributed by atoms with van der Waals surface area (Å²) in [5, 5.41) is 0.0412. The largest absolute Gasteiger partial charge is 0.311 e. The van der Waals surface area contributed by atoms with Crippen LogP contribution in [0.15, 0.2) is 22.7 Å². The molecule has 0 saturated carbocycles. The molecular formula is C10H9BrFNOS. The first kappa shape index (κ1) is 11.0. The second-order valence-corrected chi connectivity index (χ2v) is 5.14. The molecule has 0 N–H and O–H groups in total. The number of carbonyl (C=O) groups is 1. The van der Waals surface area contributed by atoms with Crippen LogP contribution in [0.2, 0.25) is 0 Å². The SMILES string of the molecule is O=C1CC(S)CN1c1cc(F)cc(Br)c1. The van der Waals surface area contributed by atoms with Crippen molar-refractivity contribution in [2.24, 2.45) is 0 Å². The van der Waals surface area contributed by atoms with E-state index in [4.69, 9.17) is 0 Å². The van der Waals surface area contributed by atoms with Gasteiger partial charge in [0.1, 0.15) is 5.82 Å². The number of halogens is 2. The van der Waals surface area contributed by atoms with Crippen LogP contribution in [0.25, 0.3) is 0 Å². The third-order valence-corrected chi connectivity index (χ3v) is 3.07. The van der Waals surface area contributed by atoms with Gasteiger partial charge in [0.05, 0.1) is 0 Å². The molecule has 1 fully saturated rings. The predicted molar refractivity (Wildman–Crippen MR) is 63.8 cm³/mol. The van der Waals surface area contributed by atoms with E-state index >= 15 is 0 Å². The number of anilines is 1. The molecule has 0 spiro atoms. The Bertz CT molecular complexity index is 392. The highest BCUT2D eigenvalue weighted by atomic mass is 79.9. The molecule has 1 saturated heterocycles. The molecule has 0 aromatic heterocycles. The van der Waals surface area contributed by atoms with E-state index in [0.717, 1.165) is 0 Å². The lowest BCUT2D eigenvalue weighted by molar-refractivity contribution is -0.117. The molecule has 1 aromatic carbocycles. The summed E-state index contributed by atoms with van der Waals surface area (Å²) < 4.78 is 13.8. The van der Waals surface area contributed by atoms with Gasteiger partial charge < -0.3 is 4.90 Å². The van der Waals surface area contributed by atoms with Crippen LogP contribution in [0.3, 0.4) is 0 Å². The molecule has 2 nitrogen and oxygen atoms in total. The second-order valence-electron chi connectivity index (χ2n) is 3.49. The Labute approximate surface area is 101 Å². The fourth-order valence-electron chi connectivity index (χ4n) is 1.63.